The van der Waals surface area contributed by atoms with E-state index in [0.29, 0.717) is 27.0 Å². The number of thiophene rings is 1. The molecule has 1 unspecified atom stereocenters. The Kier molecular flexibility index (Phi) is 6.04. The van der Waals surface area contributed by atoms with Crippen LogP contribution in [0.3, 0.4) is 0 Å². The van der Waals surface area contributed by atoms with Gasteiger partial charge in [-0.05, 0) is 23.6 Å². The summed E-state index contributed by atoms with van der Waals surface area (Å²) in [6.07, 6.45) is -0.536. The van der Waals surface area contributed by atoms with E-state index in [0.717, 1.165) is 15.8 Å². The number of aliphatic hydroxyl groups is 2. The van der Waals surface area contributed by atoms with Crippen LogP contribution < -0.4 is 10.6 Å². The number of hydrogen-bond acceptors (Lipinski definition) is 5. The second kappa shape index (κ2) is 8.56. The molecule has 2 amide bonds. The van der Waals surface area contributed by atoms with Crippen molar-refractivity contribution < 1.29 is 19.8 Å². The zero-order valence-corrected chi connectivity index (χ0v) is 17.9. The number of hydrogen-bond donors (Lipinski definition) is 5. The van der Waals surface area contributed by atoms with Gasteiger partial charge in [0.05, 0.1) is 33.9 Å². The van der Waals surface area contributed by atoms with Crippen molar-refractivity contribution in [3.63, 3.8) is 0 Å². The molecule has 3 atom stereocenters. The number of nitrogens with one attached hydrogen (secondary N) is 3. The van der Waals surface area contributed by atoms with E-state index in [1.807, 2.05) is 24.3 Å². The number of aromatic nitrogens is 1. The molecule has 1 aliphatic rings. The van der Waals surface area contributed by atoms with E-state index < -0.39 is 24.7 Å². The Morgan fingerprint density at radius 1 is 1.30 bits per heavy atom. The highest BCUT2D eigenvalue weighted by Crippen LogP contribution is 2.39. The van der Waals surface area contributed by atoms with Crippen LogP contribution in [0, 0.1) is 0 Å². The molecule has 0 spiro atoms. The topological polar surface area (TPSA) is 114 Å². The number of fused-ring (bicyclic) bond motifs is 2. The Morgan fingerprint density at radius 2 is 2.07 bits per heavy atom. The van der Waals surface area contributed by atoms with Gasteiger partial charge in [0.25, 0.3) is 5.91 Å². The lowest BCUT2D eigenvalue weighted by Crippen LogP contribution is -2.45. The van der Waals surface area contributed by atoms with Crippen LogP contribution >= 0.6 is 34.5 Å². The third-order valence-corrected chi connectivity index (χ3v) is 7.10. The monoisotopic (exact) mass is 467 g/mol. The van der Waals surface area contributed by atoms with Crippen LogP contribution in [0.25, 0.3) is 10.2 Å². The van der Waals surface area contributed by atoms with Gasteiger partial charge >= 0.3 is 0 Å². The minimum absolute atomic E-state index is 0.0686. The Balaban J connectivity index is 1.55. The molecule has 0 aliphatic heterocycles. The quantitative estimate of drug-likeness (QED) is 0.382. The molecular formula is C20H19Cl2N3O4S. The van der Waals surface area contributed by atoms with Gasteiger partial charge < -0.3 is 25.8 Å². The van der Waals surface area contributed by atoms with E-state index in [2.05, 4.69) is 15.6 Å². The number of H-pyrrole nitrogens is 1. The summed E-state index contributed by atoms with van der Waals surface area (Å²) in [6.45, 7) is -0.515. The number of benzene rings is 1. The summed E-state index contributed by atoms with van der Waals surface area (Å²) in [5, 5.41) is 24.5. The highest BCUT2D eigenvalue weighted by Gasteiger charge is 2.38. The smallest absolute Gasteiger partial charge is 0.268 e. The number of halogens is 2. The Labute approximate surface area is 186 Å². The summed E-state index contributed by atoms with van der Waals surface area (Å²) < 4.78 is 1.23. The van der Waals surface area contributed by atoms with E-state index >= 15 is 0 Å². The molecule has 7 nitrogen and oxygen atoms in total. The Hall–Kier alpha value is -2.10. The molecular weight excluding hydrogens is 449 g/mol. The lowest BCUT2D eigenvalue weighted by molar-refractivity contribution is -0.123. The first-order valence-corrected chi connectivity index (χ1v) is 10.9. The fraction of sp³-hybridized carbons (Fsp3) is 0.300. The molecule has 0 saturated carbocycles. The summed E-state index contributed by atoms with van der Waals surface area (Å²) in [6, 6.07) is 8.75. The van der Waals surface area contributed by atoms with E-state index in [1.54, 1.807) is 6.07 Å². The fourth-order valence-electron chi connectivity index (χ4n) is 3.73. The van der Waals surface area contributed by atoms with Gasteiger partial charge in [0.2, 0.25) is 5.91 Å². The number of carbonyl (C=O) groups is 2. The van der Waals surface area contributed by atoms with Gasteiger partial charge in [0.15, 0.2) is 0 Å². The van der Waals surface area contributed by atoms with E-state index in [1.165, 1.54) is 11.3 Å². The van der Waals surface area contributed by atoms with E-state index in [-0.39, 0.29) is 18.4 Å². The van der Waals surface area contributed by atoms with Gasteiger partial charge in [-0.15, -0.1) is 11.3 Å². The zero-order chi connectivity index (χ0) is 21.4. The largest absolute Gasteiger partial charge is 0.394 e. The second-order valence-corrected chi connectivity index (χ2v) is 9.19. The Bertz CT molecular complexity index is 1110. The third kappa shape index (κ3) is 3.93. The predicted molar refractivity (Wildman–Crippen MR) is 116 cm³/mol. The normalized spacial score (nSPS) is 18.9. The summed E-state index contributed by atoms with van der Waals surface area (Å²) >= 11 is 13.5. The van der Waals surface area contributed by atoms with Gasteiger partial charge in [0.1, 0.15) is 10.0 Å². The van der Waals surface area contributed by atoms with Crippen LogP contribution in [0.15, 0.2) is 30.3 Å². The molecule has 30 heavy (non-hydrogen) atoms. The van der Waals surface area contributed by atoms with Crippen molar-refractivity contribution in [1.82, 2.24) is 15.6 Å². The molecule has 5 N–H and O–H groups in total. The number of aromatic amines is 1. The second-order valence-electron chi connectivity index (χ2n) is 7.15. The molecule has 10 heteroatoms. The van der Waals surface area contributed by atoms with E-state index in [9.17, 15) is 14.7 Å². The maximum absolute atomic E-state index is 12.9. The summed E-state index contributed by atoms with van der Waals surface area (Å²) in [5.41, 5.74) is 2.76. The first-order valence-electron chi connectivity index (χ1n) is 9.30. The number of amides is 2. The van der Waals surface area contributed by atoms with Crippen molar-refractivity contribution in [3.05, 3.63) is 56.5 Å². The molecule has 0 bridgehead atoms. The van der Waals surface area contributed by atoms with Crippen molar-refractivity contribution >= 4 is 56.6 Å². The molecule has 158 valence electrons. The molecule has 3 aromatic rings. The van der Waals surface area contributed by atoms with Crippen molar-refractivity contribution in [2.45, 2.75) is 24.5 Å². The number of carbonyl (C=O) groups excluding carboxylic acids is 2. The summed E-state index contributed by atoms with van der Waals surface area (Å²) in [4.78, 5) is 28.7. The van der Waals surface area contributed by atoms with Crippen molar-refractivity contribution in [3.8, 4) is 0 Å². The molecule has 2 aromatic heterocycles. The van der Waals surface area contributed by atoms with E-state index in [4.69, 9.17) is 28.3 Å². The molecule has 1 aromatic carbocycles. The fourth-order valence-corrected chi connectivity index (χ4v) is 5.21. The standard InChI is InChI=1S/C20H19Cl2N3O4S/c21-16-17-14(30-18(16)22)6-13(24-17)19(28)25-12-5-9-3-1-2-4-11(9)15(12)20(29)23-7-10(27)8-26/h1-4,6,10,12,15,24,26-27H,5,7-8H2,(H,23,29)(H,25,28)/t10?,12-,15-/m1/s1. The average Bonchev–Trinajstić information content (AvgIpc) is 3.38. The summed E-state index contributed by atoms with van der Waals surface area (Å²) in [7, 11) is 0. The van der Waals surface area contributed by atoms with Crippen LogP contribution in [0.1, 0.15) is 27.5 Å². The molecule has 1 aliphatic carbocycles. The molecule has 0 fully saturated rings. The van der Waals surface area contributed by atoms with Gasteiger partial charge in [-0.1, -0.05) is 47.5 Å². The zero-order valence-electron chi connectivity index (χ0n) is 15.6. The predicted octanol–water partition coefficient (Wildman–Crippen LogP) is 2.44. The van der Waals surface area contributed by atoms with Crippen LogP contribution in [0.4, 0.5) is 0 Å². The van der Waals surface area contributed by atoms with Crippen molar-refractivity contribution in [1.29, 1.82) is 0 Å². The first-order chi connectivity index (χ1) is 14.4. The van der Waals surface area contributed by atoms with Crippen molar-refractivity contribution in [2.24, 2.45) is 0 Å². The van der Waals surface area contributed by atoms with Crippen LogP contribution in [0.2, 0.25) is 9.36 Å². The van der Waals surface area contributed by atoms with Crippen molar-refractivity contribution in [2.75, 3.05) is 13.2 Å². The lowest BCUT2D eigenvalue weighted by Gasteiger charge is -2.22. The minimum atomic E-state index is -1.04. The Morgan fingerprint density at radius 3 is 2.80 bits per heavy atom. The maximum Gasteiger partial charge on any atom is 0.268 e. The maximum atomic E-state index is 12.9. The third-order valence-electron chi connectivity index (χ3n) is 5.17. The number of rotatable bonds is 6. The SMILES string of the molecule is O=C(N[C@@H]1Cc2ccccc2[C@H]1C(=O)NCC(O)CO)c1cc2sc(Cl)c(Cl)c2[nH]1. The molecule has 0 radical (unpaired) electrons. The number of aliphatic hydroxyl groups excluding tert-OH is 2. The first kappa shape index (κ1) is 21.1. The molecule has 4 rings (SSSR count). The van der Waals surface area contributed by atoms with Crippen LogP contribution in [0.5, 0.6) is 0 Å². The van der Waals surface area contributed by atoms with Gasteiger partial charge in [0, 0.05) is 12.6 Å². The van der Waals surface area contributed by atoms with Crippen LogP contribution in [-0.4, -0.2) is 52.3 Å². The highest BCUT2D eigenvalue weighted by molar-refractivity contribution is 7.23. The van der Waals surface area contributed by atoms with Gasteiger partial charge in [-0.3, -0.25) is 9.59 Å². The average molecular weight is 468 g/mol. The summed E-state index contributed by atoms with van der Waals surface area (Å²) in [5.74, 6) is -1.28. The van der Waals surface area contributed by atoms with Gasteiger partial charge in [-0.25, -0.2) is 0 Å². The molecule has 0 saturated heterocycles. The minimum Gasteiger partial charge on any atom is -0.394 e. The lowest BCUT2D eigenvalue weighted by atomic mass is 9.97. The molecule has 2 heterocycles. The van der Waals surface area contributed by atoms with Crippen LogP contribution in [-0.2, 0) is 11.2 Å². The van der Waals surface area contributed by atoms with Gasteiger partial charge in [-0.2, -0.15) is 0 Å². The highest BCUT2D eigenvalue weighted by atomic mass is 35.5.